The second-order valence-corrected chi connectivity index (χ2v) is 39.5. The number of unbranched alkanes of at least 4 members (excludes halogenated alkanes) is 28. The van der Waals surface area contributed by atoms with E-state index in [0.717, 1.165) is 293 Å². The molecule has 0 saturated carbocycles. The highest BCUT2D eigenvalue weighted by atomic mass is 32.1. The molecule has 662 valence electrons. The van der Waals surface area contributed by atoms with Gasteiger partial charge in [-0.2, -0.15) is 0 Å². The summed E-state index contributed by atoms with van der Waals surface area (Å²) in [5.74, 6) is -1.80. The molecule has 4 aliphatic rings. The Morgan fingerprint density at radius 2 is 0.400 bits per heavy atom. The predicted molar refractivity (Wildman–Crippen MR) is 522 cm³/mol. The first kappa shape index (κ1) is 90.8. The second kappa shape index (κ2) is 42.3. The van der Waals surface area contributed by atoms with Crippen LogP contribution in [0.3, 0.4) is 0 Å². The number of benzene rings is 10. The molecule has 0 saturated heterocycles. The van der Waals surface area contributed by atoms with E-state index in [1.54, 1.807) is 14.7 Å². The van der Waals surface area contributed by atoms with E-state index in [1.807, 2.05) is 72.8 Å². The lowest BCUT2D eigenvalue weighted by atomic mass is 9.80. The lowest BCUT2D eigenvalue weighted by Gasteiger charge is -2.33. The molecule has 0 fully saturated rings. The summed E-state index contributed by atoms with van der Waals surface area (Å²) in [6, 6.07) is 32.2. The van der Waals surface area contributed by atoms with Crippen molar-refractivity contribution in [2.24, 2.45) is 23.7 Å². The van der Waals surface area contributed by atoms with Crippen LogP contribution in [0.15, 0.2) is 97.1 Å². The fourth-order valence-electron chi connectivity index (χ4n) is 22.5. The first-order valence-corrected chi connectivity index (χ1v) is 51.0. The van der Waals surface area contributed by atoms with Crippen molar-refractivity contribution in [1.29, 1.82) is 0 Å². The molecular weight excluding hydrogens is 1560 g/mol. The maximum atomic E-state index is 16.7. The molecule has 4 atom stereocenters. The number of hydrogen-bond acceptors (Lipinski definition) is 9. The van der Waals surface area contributed by atoms with Crippen molar-refractivity contribution in [1.82, 2.24) is 19.6 Å². The van der Waals surface area contributed by atoms with Crippen LogP contribution in [-0.4, -0.2) is 93.0 Å². The van der Waals surface area contributed by atoms with Gasteiger partial charge >= 0.3 is 0 Å². The average molecular weight is 1700 g/mol. The van der Waals surface area contributed by atoms with Crippen LogP contribution >= 0.6 is 11.3 Å². The molecule has 13 heteroatoms. The molecule has 0 bridgehead atoms. The van der Waals surface area contributed by atoms with Crippen molar-refractivity contribution in [3.8, 4) is 20.9 Å². The van der Waals surface area contributed by atoms with Gasteiger partial charge in [0.15, 0.2) is 0 Å². The molecule has 5 heterocycles. The average Bonchev–Trinajstić information content (AvgIpc) is 1.20. The molecule has 0 radical (unpaired) electrons. The van der Waals surface area contributed by atoms with Gasteiger partial charge in [-0.25, -0.2) is 0 Å². The lowest BCUT2D eigenvalue weighted by Crippen LogP contribution is -2.43. The number of thiophene rings is 1. The summed E-state index contributed by atoms with van der Waals surface area (Å²) in [5.41, 5.74) is 5.11. The van der Waals surface area contributed by atoms with E-state index in [-0.39, 0.29) is 70.9 Å². The fraction of sp³-hybridized carbons (Fsp3) is 0.536. The van der Waals surface area contributed by atoms with E-state index < -0.39 is 0 Å². The highest BCUT2D eigenvalue weighted by Gasteiger charge is 2.44. The van der Waals surface area contributed by atoms with E-state index in [1.165, 1.54) is 80.4 Å². The van der Waals surface area contributed by atoms with Gasteiger partial charge in [-0.05, 0) is 200 Å². The third kappa shape index (κ3) is 18.5. The SMILES string of the molecule is CCCCCCCCC(CCCCCC)CN1C(=O)c2ccc3c4ccc5c6c(c(-c7ccc(-c8cc9c%10ccc%11c%12c(ccc(c%13ccc%14c(c8C(=O)N(CC(CCCCCC)CCCCCCCC)C%14=O)c%139)c%12%10)C(=O)N(CC(CCCC)CCCCCC)C%11=O)s7)cc(c7ccc(c2c37)C1=O)c64)C(=O)N(CC(CCCCCC)CCCCCCCC)C5=O. The topological polar surface area (TPSA) is 150 Å². The zero-order valence-electron chi connectivity index (χ0n) is 77.0. The van der Waals surface area contributed by atoms with Crippen LogP contribution in [0, 0.1) is 23.7 Å². The second-order valence-electron chi connectivity index (χ2n) is 38.4. The Bertz CT molecular complexity index is 5590. The van der Waals surface area contributed by atoms with Crippen LogP contribution in [0.2, 0.25) is 0 Å². The Labute approximate surface area is 748 Å². The first-order chi connectivity index (χ1) is 61.1. The molecule has 15 rings (SSSR count). The highest BCUT2D eigenvalue weighted by molar-refractivity contribution is 7.19. The minimum absolute atomic E-state index is 0.0987. The Hall–Kier alpha value is -8.94. The molecule has 12 nitrogen and oxygen atoms in total. The van der Waals surface area contributed by atoms with E-state index >= 15 is 38.4 Å². The molecular formula is C112H140N4O8S. The van der Waals surface area contributed by atoms with Gasteiger partial charge in [0, 0.05) is 102 Å². The number of nitrogens with zero attached hydrogens (tertiary/aromatic N) is 4. The lowest BCUT2D eigenvalue weighted by molar-refractivity contribution is 0.0563. The number of amides is 8. The predicted octanol–water partition coefficient (Wildman–Crippen LogP) is 31.4. The Morgan fingerprint density at radius 3 is 0.656 bits per heavy atom. The van der Waals surface area contributed by atoms with Crippen LogP contribution in [0.1, 0.15) is 421 Å². The van der Waals surface area contributed by atoms with E-state index in [4.69, 9.17) is 0 Å². The zero-order valence-corrected chi connectivity index (χ0v) is 77.8. The molecule has 4 aliphatic heterocycles. The van der Waals surface area contributed by atoms with Crippen molar-refractivity contribution in [3.63, 3.8) is 0 Å². The van der Waals surface area contributed by atoms with Gasteiger partial charge in [-0.3, -0.25) is 58.0 Å². The minimum atomic E-state index is -0.335. The summed E-state index contributed by atoms with van der Waals surface area (Å²) in [4.78, 5) is 135. The Balaban J connectivity index is 0.907. The van der Waals surface area contributed by atoms with Crippen molar-refractivity contribution in [3.05, 3.63) is 142 Å². The summed E-state index contributed by atoms with van der Waals surface area (Å²) in [7, 11) is 0. The summed E-state index contributed by atoms with van der Waals surface area (Å²) in [5, 5.41) is 12.2. The van der Waals surface area contributed by atoms with E-state index in [0.29, 0.717) is 103 Å². The number of carbonyl (C=O) groups is 8. The Morgan fingerprint density at radius 1 is 0.200 bits per heavy atom. The van der Waals surface area contributed by atoms with Crippen LogP contribution in [-0.2, 0) is 0 Å². The van der Waals surface area contributed by atoms with E-state index in [2.05, 4.69) is 79.7 Å². The van der Waals surface area contributed by atoms with Crippen LogP contribution in [0.4, 0.5) is 0 Å². The molecule has 0 N–H and O–H groups in total. The molecule has 125 heavy (non-hydrogen) atoms. The van der Waals surface area contributed by atoms with Gasteiger partial charge in [0.1, 0.15) is 0 Å². The number of imide groups is 4. The number of rotatable bonds is 54. The van der Waals surface area contributed by atoms with Crippen molar-refractivity contribution < 1.29 is 38.4 Å². The maximum Gasteiger partial charge on any atom is 0.262 e. The van der Waals surface area contributed by atoms with Crippen LogP contribution in [0.25, 0.3) is 107 Å². The third-order valence-corrected chi connectivity index (χ3v) is 30.6. The molecule has 11 aromatic rings. The zero-order chi connectivity index (χ0) is 87.4. The standard InChI is InChI=1S/C112H140N4O8S/c1-9-17-25-32-35-42-50-74(47-39-29-21-13-5)70-114-106(118)84-60-54-78-80-56-64-88-102-98(80)90(82-58-62-86(108(114)120)100(84)96(78)82)68-92(104(102)112(124)116(110(88)122)72-76(49-41-31-23-15-7)52-44-37-34-27-19-11-3)94-66-65-93(125-94)91-67-89-81-57-61-85-99-83(105(117)113(107(85)119)69-73(45-24-16-8)46-38-28-20-12-4)59-53-77(95(81)99)79-55-63-87-101(97(79)89)103(91)111(123)115(109(87)121)71-75(48-40-30-22-14-6)51-43-36-33-26-18-10-2/h53-68,73-76H,9-52,69-72H2,1-8H3. The van der Waals surface area contributed by atoms with Gasteiger partial charge in [-0.1, -0.05) is 323 Å². The largest absolute Gasteiger partial charge is 0.274 e. The Kier molecular flexibility index (Phi) is 30.8. The van der Waals surface area contributed by atoms with Crippen molar-refractivity contribution in [2.75, 3.05) is 26.2 Å². The fourth-order valence-corrected chi connectivity index (χ4v) is 23.6. The van der Waals surface area contributed by atoms with Gasteiger partial charge in [-0.15, -0.1) is 11.3 Å². The van der Waals surface area contributed by atoms with Gasteiger partial charge in [0.25, 0.3) is 47.3 Å². The summed E-state index contributed by atoms with van der Waals surface area (Å²) in [6.45, 7) is 19.2. The first-order valence-electron chi connectivity index (χ1n) is 50.2. The van der Waals surface area contributed by atoms with Crippen LogP contribution in [0.5, 0.6) is 0 Å². The van der Waals surface area contributed by atoms with Gasteiger partial charge < -0.3 is 0 Å². The van der Waals surface area contributed by atoms with Crippen LogP contribution < -0.4 is 0 Å². The summed E-state index contributed by atoms with van der Waals surface area (Å²) in [6.07, 6.45) is 48.0. The third-order valence-electron chi connectivity index (χ3n) is 29.4. The monoisotopic (exact) mass is 1700 g/mol. The number of fused-ring (bicyclic) bond motifs is 4. The highest BCUT2D eigenvalue weighted by Crippen LogP contribution is 2.54. The molecule has 10 aromatic carbocycles. The normalized spacial score (nSPS) is 15.2. The molecule has 8 amide bonds. The number of carbonyl (C=O) groups excluding carboxylic acids is 8. The summed E-state index contributed by atoms with van der Waals surface area (Å²) < 4.78 is 0. The molecule has 1 aromatic heterocycles. The molecule has 0 aliphatic carbocycles. The molecule has 4 unspecified atom stereocenters. The van der Waals surface area contributed by atoms with E-state index in [9.17, 15) is 0 Å². The minimum Gasteiger partial charge on any atom is -0.274 e. The maximum absolute atomic E-state index is 16.7. The van der Waals surface area contributed by atoms with Crippen molar-refractivity contribution in [2.45, 2.75) is 338 Å². The van der Waals surface area contributed by atoms with Crippen molar-refractivity contribution >= 4 is 145 Å². The number of hydrogen-bond donors (Lipinski definition) is 0. The quantitative estimate of drug-likeness (QED) is 0.0158. The smallest absolute Gasteiger partial charge is 0.262 e. The van der Waals surface area contributed by atoms with Gasteiger partial charge in [0.2, 0.25) is 0 Å². The summed E-state index contributed by atoms with van der Waals surface area (Å²) >= 11 is 1.49. The molecule has 0 spiro atoms. The van der Waals surface area contributed by atoms with Gasteiger partial charge in [0.05, 0.1) is 11.1 Å².